The molecule has 22 heavy (non-hydrogen) atoms. The van der Waals surface area contributed by atoms with Crippen molar-refractivity contribution in [2.24, 2.45) is 5.92 Å². The van der Waals surface area contributed by atoms with Gasteiger partial charge in [0.2, 0.25) is 0 Å². The average Bonchev–Trinajstić information content (AvgIpc) is 2.91. The number of aromatic amines is 1. The van der Waals surface area contributed by atoms with E-state index in [1.807, 2.05) is 24.3 Å². The van der Waals surface area contributed by atoms with Gasteiger partial charge in [-0.1, -0.05) is 31.9 Å². The second-order valence-corrected chi connectivity index (χ2v) is 6.45. The summed E-state index contributed by atoms with van der Waals surface area (Å²) < 4.78 is 0. The number of thiocarbonyl (C=S) groups is 2. The molecule has 2 rings (SSSR count). The molecule has 2 aromatic rings. The van der Waals surface area contributed by atoms with Crippen molar-refractivity contribution in [3.63, 3.8) is 0 Å². The molecule has 3 N–H and O–H groups in total. The largest absolute Gasteiger partial charge is 0.502 e. The first-order valence-corrected chi connectivity index (χ1v) is 8.14. The van der Waals surface area contributed by atoms with Crippen LogP contribution in [0.2, 0.25) is 0 Å². The summed E-state index contributed by atoms with van der Waals surface area (Å²) in [4.78, 5) is 7.74. The number of aliphatic hydroxyl groups excluding tert-OH is 2. The van der Waals surface area contributed by atoms with E-state index in [9.17, 15) is 10.2 Å². The van der Waals surface area contributed by atoms with Crippen LogP contribution in [0.4, 0.5) is 0 Å². The Morgan fingerprint density at radius 3 is 2.55 bits per heavy atom. The lowest BCUT2D eigenvalue weighted by Crippen LogP contribution is -2.43. The summed E-state index contributed by atoms with van der Waals surface area (Å²) in [5, 5.41) is 19.8. The number of para-hydroxylation sites is 2. The van der Waals surface area contributed by atoms with Crippen LogP contribution in [-0.2, 0) is 5.41 Å². The molecule has 118 valence electrons. The van der Waals surface area contributed by atoms with Crippen molar-refractivity contribution < 1.29 is 10.2 Å². The molecule has 0 radical (unpaired) electrons. The second kappa shape index (κ2) is 6.71. The van der Waals surface area contributed by atoms with Crippen LogP contribution in [0.15, 0.2) is 24.3 Å². The van der Waals surface area contributed by atoms with Gasteiger partial charge >= 0.3 is 0 Å². The van der Waals surface area contributed by atoms with Gasteiger partial charge in [0, 0.05) is 5.92 Å². The zero-order chi connectivity index (χ0) is 16.3. The van der Waals surface area contributed by atoms with E-state index in [0.717, 1.165) is 23.9 Å². The molecule has 0 saturated heterocycles. The van der Waals surface area contributed by atoms with Crippen molar-refractivity contribution in [2.75, 3.05) is 0 Å². The van der Waals surface area contributed by atoms with E-state index in [0.29, 0.717) is 12.2 Å². The highest BCUT2D eigenvalue weighted by Gasteiger charge is 2.45. The Balaban J connectivity index is 2.54. The summed E-state index contributed by atoms with van der Waals surface area (Å²) >= 11 is 10.1. The Labute approximate surface area is 140 Å². The summed E-state index contributed by atoms with van der Waals surface area (Å²) in [6, 6.07) is 7.59. The van der Waals surface area contributed by atoms with Crippen LogP contribution in [0.25, 0.3) is 11.0 Å². The standard InChI is InChI=1S/C16H20N2O2S2/c1-3-4-7-10(13(19)21)16(2,15(20)22)14-17-11-8-5-6-9-12(11)18-14/h5-6,8-10H,3-4,7H2,1-2H3,(H,17,18)(H,19,21)(H,20,22). The van der Waals surface area contributed by atoms with Crippen LogP contribution in [0, 0.1) is 5.92 Å². The summed E-state index contributed by atoms with van der Waals surface area (Å²) in [7, 11) is 0. The molecule has 0 saturated carbocycles. The Morgan fingerprint density at radius 1 is 1.32 bits per heavy atom. The maximum absolute atomic E-state index is 10.2. The Morgan fingerprint density at radius 2 is 2.00 bits per heavy atom. The van der Waals surface area contributed by atoms with Gasteiger partial charge in [-0.05, 0) is 49.9 Å². The zero-order valence-corrected chi connectivity index (χ0v) is 14.3. The van der Waals surface area contributed by atoms with Crippen molar-refractivity contribution in [1.82, 2.24) is 9.97 Å². The molecule has 0 amide bonds. The number of fused-ring (bicyclic) bond motifs is 1. The molecular formula is C16H20N2O2S2. The highest BCUT2D eigenvalue weighted by molar-refractivity contribution is 7.80. The number of unbranched alkanes of at least 4 members (excludes halogenated alkanes) is 1. The van der Waals surface area contributed by atoms with E-state index in [-0.39, 0.29) is 10.1 Å². The number of rotatable bonds is 7. The van der Waals surface area contributed by atoms with Gasteiger partial charge in [0.05, 0.1) is 11.0 Å². The molecule has 2 atom stereocenters. The number of imidazole rings is 1. The summed E-state index contributed by atoms with van der Waals surface area (Å²) in [5.74, 6) is 0.0687. The second-order valence-electron chi connectivity index (χ2n) is 5.64. The number of H-pyrrole nitrogens is 1. The summed E-state index contributed by atoms with van der Waals surface area (Å²) in [5.41, 5.74) is 0.631. The van der Waals surface area contributed by atoms with E-state index in [1.165, 1.54) is 0 Å². The van der Waals surface area contributed by atoms with Gasteiger partial charge in [-0.3, -0.25) is 0 Å². The first-order valence-electron chi connectivity index (χ1n) is 7.32. The highest BCUT2D eigenvalue weighted by Crippen LogP contribution is 2.36. The smallest absolute Gasteiger partial charge is 0.171 e. The predicted molar refractivity (Wildman–Crippen MR) is 96.9 cm³/mol. The fourth-order valence-corrected chi connectivity index (χ4v) is 3.27. The topological polar surface area (TPSA) is 69.1 Å². The Hall–Kier alpha value is -1.53. The number of aliphatic hydroxyl groups is 2. The molecule has 0 aliphatic carbocycles. The molecule has 0 fully saturated rings. The fraction of sp³-hybridized carbons (Fsp3) is 0.438. The summed E-state index contributed by atoms with van der Waals surface area (Å²) in [6.45, 7) is 3.84. The molecule has 1 aromatic heterocycles. The number of hydrogen-bond acceptors (Lipinski definition) is 3. The van der Waals surface area contributed by atoms with Crippen LogP contribution in [0.5, 0.6) is 0 Å². The maximum Gasteiger partial charge on any atom is 0.171 e. The Kier molecular flexibility index (Phi) is 5.13. The minimum Gasteiger partial charge on any atom is -0.502 e. The van der Waals surface area contributed by atoms with Crippen molar-refractivity contribution in [2.45, 2.75) is 38.5 Å². The van der Waals surface area contributed by atoms with Crippen molar-refractivity contribution in [1.29, 1.82) is 0 Å². The molecule has 4 nitrogen and oxygen atoms in total. The highest BCUT2D eigenvalue weighted by atomic mass is 32.1. The molecule has 0 aliphatic heterocycles. The van der Waals surface area contributed by atoms with Gasteiger partial charge in [0.15, 0.2) is 10.1 Å². The molecular weight excluding hydrogens is 316 g/mol. The molecule has 0 bridgehead atoms. The van der Waals surface area contributed by atoms with E-state index < -0.39 is 11.3 Å². The monoisotopic (exact) mass is 336 g/mol. The van der Waals surface area contributed by atoms with Gasteiger partial charge in [-0.15, -0.1) is 0 Å². The third kappa shape index (κ3) is 2.98. The number of hydrogen-bond donors (Lipinski definition) is 3. The third-order valence-corrected chi connectivity index (χ3v) is 4.88. The number of benzene rings is 1. The first-order chi connectivity index (χ1) is 10.4. The van der Waals surface area contributed by atoms with E-state index >= 15 is 0 Å². The fourth-order valence-electron chi connectivity index (χ4n) is 2.68. The number of nitrogens with zero attached hydrogens (tertiary/aromatic N) is 1. The number of nitrogens with one attached hydrogen (secondary N) is 1. The van der Waals surface area contributed by atoms with E-state index in [4.69, 9.17) is 24.4 Å². The normalized spacial score (nSPS) is 15.4. The third-order valence-electron chi connectivity index (χ3n) is 4.17. The van der Waals surface area contributed by atoms with Crippen molar-refractivity contribution >= 4 is 45.6 Å². The predicted octanol–water partition coefficient (Wildman–Crippen LogP) is 4.40. The van der Waals surface area contributed by atoms with Crippen LogP contribution in [-0.4, -0.2) is 30.3 Å². The van der Waals surface area contributed by atoms with E-state index in [1.54, 1.807) is 6.92 Å². The molecule has 2 unspecified atom stereocenters. The van der Waals surface area contributed by atoms with Gasteiger partial charge in [-0.2, -0.15) is 0 Å². The van der Waals surface area contributed by atoms with Gasteiger partial charge in [0.25, 0.3) is 0 Å². The lowest BCUT2D eigenvalue weighted by molar-refractivity contribution is 0.341. The Bertz CT molecular complexity index is 665. The van der Waals surface area contributed by atoms with E-state index in [2.05, 4.69) is 16.9 Å². The molecule has 0 aliphatic rings. The molecule has 1 aromatic carbocycles. The summed E-state index contributed by atoms with van der Waals surface area (Å²) in [6.07, 6.45) is 2.48. The minimum atomic E-state index is -1.02. The zero-order valence-electron chi connectivity index (χ0n) is 12.7. The lowest BCUT2D eigenvalue weighted by Gasteiger charge is -2.32. The molecule has 0 spiro atoms. The van der Waals surface area contributed by atoms with Crippen LogP contribution >= 0.6 is 24.4 Å². The van der Waals surface area contributed by atoms with Gasteiger partial charge in [0.1, 0.15) is 11.2 Å². The molecule has 6 heteroatoms. The van der Waals surface area contributed by atoms with Crippen LogP contribution < -0.4 is 0 Å². The van der Waals surface area contributed by atoms with Crippen LogP contribution in [0.1, 0.15) is 38.9 Å². The lowest BCUT2D eigenvalue weighted by atomic mass is 9.74. The first kappa shape index (κ1) is 16.8. The van der Waals surface area contributed by atoms with Gasteiger partial charge in [-0.25, -0.2) is 4.98 Å². The van der Waals surface area contributed by atoms with Crippen LogP contribution in [0.3, 0.4) is 0 Å². The number of aromatic nitrogens is 2. The average molecular weight is 336 g/mol. The molecule has 1 heterocycles. The van der Waals surface area contributed by atoms with Crippen molar-refractivity contribution in [3.8, 4) is 0 Å². The SMILES string of the molecule is CCCCC(C(O)=S)C(C)(C(O)=S)c1nc2ccccc2[nH]1. The quantitative estimate of drug-likeness (QED) is 0.654. The minimum absolute atomic E-state index is 0.146. The van der Waals surface area contributed by atoms with Crippen molar-refractivity contribution in [3.05, 3.63) is 30.1 Å². The maximum atomic E-state index is 10.2. The van der Waals surface area contributed by atoms with Gasteiger partial charge < -0.3 is 15.2 Å².